The van der Waals surface area contributed by atoms with E-state index in [2.05, 4.69) is 24.5 Å². The summed E-state index contributed by atoms with van der Waals surface area (Å²) >= 11 is 0. The Hall–Kier alpha value is -0.760. The maximum Gasteiger partial charge on any atom is 0.191 e. The first-order chi connectivity index (χ1) is 11.0. The zero-order valence-corrected chi connectivity index (χ0v) is 17.4. The predicted octanol–water partition coefficient (Wildman–Crippen LogP) is 3.70. The van der Waals surface area contributed by atoms with E-state index >= 15 is 0 Å². The lowest BCUT2D eigenvalue weighted by molar-refractivity contribution is 0.111. The van der Waals surface area contributed by atoms with Crippen molar-refractivity contribution in [1.29, 1.82) is 0 Å². The van der Waals surface area contributed by atoms with Gasteiger partial charge in [0.05, 0.1) is 12.8 Å². The van der Waals surface area contributed by atoms with Crippen LogP contribution in [-0.4, -0.2) is 30.7 Å². The normalized spacial score (nSPS) is 17.8. The van der Waals surface area contributed by atoms with Crippen molar-refractivity contribution in [2.75, 3.05) is 19.6 Å². The van der Waals surface area contributed by atoms with Crippen LogP contribution in [0.25, 0.3) is 0 Å². The van der Waals surface area contributed by atoms with Gasteiger partial charge < -0.3 is 20.2 Å². The molecule has 1 aromatic heterocycles. The summed E-state index contributed by atoms with van der Waals surface area (Å²) in [5, 5.41) is 16.6. The van der Waals surface area contributed by atoms with Crippen molar-refractivity contribution in [2.45, 2.75) is 52.6 Å². The lowest BCUT2D eigenvalue weighted by Crippen LogP contribution is -2.41. The van der Waals surface area contributed by atoms with E-state index in [-0.39, 0.29) is 24.0 Å². The molecule has 5 nitrogen and oxygen atoms in total. The van der Waals surface area contributed by atoms with Crippen molar-refractivity contribution in [2.24, 2.45) is 16.3 Å². The zero-order chi connectivity index (χ0) is 16.7. The van der Waals surface area contributed by atoms with Gasteiger partial charge in [-0.2, -0.15) is 0 Å². The molecule has 0 radical (unpaired) electrons. The molecule has 0 aromatic carbocycles. The van der Waals surface area contributed by atoms with E-state index in [1.54, 1.807) is 18.4 Å². The number of aliphatic imine (C=N–C) groups is 1. The smallest absolute Gasteiger partial charge is 0.191 e. The van der Waals surface area contributed by atoms with Crippen molar-refractivity contribution in [1.82, 2.24) is 10.6 Å². The molecule has 24 heavy (non-hydrogen) atoms. The quantitative estimate of drug-likeness (QED) is 0.322. The van der Waals surface area contributed by atoms with Crippen LogP contribution < -0.4 is 10.6 Å². The van der Waals surface area contributed by atoms with Gasteiger partial charge in [-0.1, -0.05) is 20.3 Å². The van der Waals surface area contributed by atoms with Gasteiger partial charge in [0.15, 0.2) is 5.96 Å². The molecule has 6 heteroatoms. The first-order valence-electron chi connectivity index (χ1n) is 8.78. The summed E-state index contributed by atoms with van der Waals surface area (Å²) in [4.78, 5) is 4.77. The molecule has 1 saturated carbocycles. The van der Waals surface area contributed by atoms with Gasteiger partial charge in [0.25, 0.3) is 0 Å². The number of hydrogen-bond acceptors (Lipinski definition) is 3. The Morgan fingerprint density at radius 1 is 1.38 bits per heavy atom. The van der Waals surface area contributed by atoms with Crippen molar-refractivity contribution in [3.05, 3.63) is 24.2 Å². The average Bonchev–Trinajstić information content (AvgIpc) is 3.00. The fourth-order valence-corrected chi connectivity index (χ4v) is 3.33. The molecule has 1 unspecified atom stereocenters. The van der Waals surface area contributed by atoms with Crippen LogP contribution in [0.1, 0.15) is 58.3 Å². The molecule has 0 bridgehead atoms. The lowest BCUT2D eigenvalue weighted by Gasteiger charge is -2.42. The number of nitrogens with one attached hydrogen (secondary N) is 2. The predicted molar refractivity (Wildman–Crippen MR) is 109 cm³/mol. The van der Waals surface area contributed by atoms with Crippen molar-refractivity contribution < 1.29 is 9.52 Å². The Morgan fingerprint density at radius 2 is 2.12 bits per heavy atom. The molecule has 0 spiro atoms. The topological polar surface area (TPSA) is 69.8 Å². The number of aliphatic hydroxyl groups excluding tert-OH is 1. The lowest BCUT2D eigenvalue weighted by atomic mass is 9.64. The zero-order valence-electron chi connectivity index (χ0n) is 15.0. The second-order valence-electron chi connectivity index (χ2n) is 7.06. The molecule has 1 heterocycles. The summed E-state index contributed by atoms with van der Waals surface area (Å²) < 4.78 is 5.22. The van der Waals surface area contributed by atoms with E-state index in [0.717, 1.165) is 19.0 Å². The molecule has 3 N–H and O–H groups in total. The Morgan fingerprint density at radius 3 is 2.62 bits per heavy atom. The van der Waals surface area contributed by atoms with Gasteiger partial charge in [0, 0.05) is 13.1 Å². The second kappa shape index (κ2) is 10.3. The first kappa shape index (κ1) is 21.3. The van der Waals surface area contributed by atoms with E-state index in [1.165, 1.54) is 25.7 Å². The number of halogens is 1. The van der Waals surface area contributed by atoms with Gasteiger partial charge in [-0.05, 0) is 49.7 Å². The maximum absolute atomic E-state index is 10.1. The Labute approximate surface area is 162 Å². The molecule has 138 valence electrons. The summed E-state index contributed by atoms with van der Waals surface area (Å²) in [6.45, 7) is 8.67. The average molecular weight is 449 g/mol. The van der Waals surface area contributed by atoms with Crippen LogP contribution in [0.4, 0.5) is 0 Å². The second-order valence-corrected chi connectivity index (χ2v) is 7.06. The summed E-state index contributed by atoms with van der Waals surface area (Å²) in [6.07, 6.45) is 6.03. The molecule has 0 saturated heterocycles. The number of guanidine groups is 1. The number of hydrogen-bond donors (Lipinski definition) is 3. The van der Waals surface area contributed by atoms with Gasteiger partial charge in [0.1, 0.15) is 11.9 Å². The number of aliphatic hydroxyl groups is 1. The van der Waals surface area contributed by atoms with Crippen molar-refractivity contribution in [3.8, 4) is 0 Å². The molecule has 0 amide bonds. The number of rotatable bonds is 8. The highest BCUT2D eigenvalue weighted by Crippen LogP contribution is 2.46. The fraction of sp³-hybridized carbons (Fsp3) is 0.722. The molecule has 1 aliphatic carbocycles. The van der Waals surface area contributed by atoms with Crippen LogP contribution in [-0.2, 0) is 0 Å². The molecule has 2 rings (SSSR count). The molecular weight excluding hydrogens is 417 g/mol. The van der Waals surface area contributed by atoms with Crippen molar-refractivity contribution >= 4 is 29.9 Å². The van der Waals surface area contributed by atoms with Crippen LogP contribution in [0, 0.1) is 11.3 Å². The van der Waals surface area contributed by atoms with Crippen LogP contribution in [0.3, 0.4) is 0 Å². The van der Waals surface area contributed by atoms with E-state index in [0.29, 0.717) is 23.6 Å². The minimum absolute atomic E-state index is 0. The van der Waals surface area contributed by atoms with Gasteiger partial charge in [0.2, 0.25) is 0 Å². The first-order valence-corrected chi connectivity index (χ1v) is 8.78. The maximum atomic E-state index is 10.1. The van der Waals surface area contributed by atoms with Gasteiger partial charge >= 0.3 is 0 Å². The molecular formula is C18H32IN3O2. The standard InChI is InChI=1S/C18H31N3O2.HI/c1-4-19-17(20-12-15(22)16-7-5-10-23-16)21-13-18(8-6-9-18)11-14(2)3;/h5,7,10,14-15,22H,4,6,8-9,11-13H2,1-3H3,(H2,19,20,21);1H. The Kier molecular flexibility index (Phi) is 9.12. The van der Waals surface area contributed by atoms with Gasteiger partial charge in [-0.15, -0.1) is 24.0 Å². The van der Waals surface area contributed by atoms with Crippen molar-refractivity contribution in [3.63, 3.8) is 0 Å². The highest BCUT2D eigenvalue weighted by atomic mass is 127. The summed E-state index contributed by atoms with van der Waals surface area (Å²) in [5.41, 5.74) is 0.385. The minimum Gasteiger partial charge on any atom is -0.467 e. The highest BCUT2D eigenvalue weighted by molar-refractivity contribution is 14.0. The monoisotopic (exact) mass is 449 g/mol. The van der Waals surface area contributed by atoms with E-state index < -0.39 is 6.10 Å². The summed E-state index contributed by atoms with van der Waals surface area (Å²) in [5.74, 6) is 2.05. The third-order valence-electron chi connectivity index (χ3n) is 4.51. The Balaban J connectivity index is 0.00000288. The summed E-state index contributed by atoms with van der Waals surface area (Å²) in [7, 11) is 0. The number of furan rings is 1. The third kappa shape index (κ3) is 6.27. The number of nitrogens with zero attached hydrogens (tertiary/aromatic N) is 1. The van der Waals surface area contributed by atoms with Gasteiger partial charge in [-0.25, -0.2) is 0 Å². The minimum atomic E-state index is -0.665. The van der Waals surface area contributed by atoms with Crippen LogP contribution in [0.2, 0.25) is 0 Å². The molecule has 1 aromatic rings. The highest BCUT2D eigenvalue weighted by Gasteiger charge is 2.37. The molecule has 0 aliphatic heterocycles. The molecule has 1 atom stereocenters. The van der Waals surface area contributed by atoms with E-state index in [4.69, 9.17) is 9.41 Å². The summed E-state index contributed by atoms with van der Waals surface area (Å²) in [6, 6.07) is 3.56. The van der Waals surface area contributed by atoms with Crippen LogP contribution in [0.5, 0.6) is 0 Å². The molecule has 1 aliphatic rings. The Bertz CT molecular complexity index is 484. The van der Waals surface area contributed by atoms with Gasteiger partial charge in [-0.3, -0.25) is 4.99 Å². The molecule has 1 fully saturated rings. The third-order valence-corrected chi connectivity index (χ3v) is 4.51. The van der Waals surface area contributed by atoms with E-state index in [1.807, 2.05) is 6.92 Å². The SMILES string of the molecule is CCNC(=NCC1(CC(C)C)CCC1)NCC(O)c1ccco1.I. The largest absolute Gasteiger partial charge is 0.467 e. The van der Waals surface area contributed by atoms with Crippen LogP contribution >= 0.6 is 24.0 Å². The fourth-order valence-electron chi connectivity index (χ4n) is 3.33. The van der Waals surface area contributed by atoms with E-state index in [9.17, 15) is 5.11 Å². The van der Waals surface area contributed by atoms with Crippen LogP contribution in [0.15, 0.2) is 27.8 Å².